The summed E-state index contributed by atoms with van der Waals surface area (Å²) >= 11 is 7.21. The highest BCUT2D eigenvalue weighted by Gasteiger charge is 2.18. The summed E-state index contributed by atoms with van der Waals surface area (Å²) in [7, 11) is 0. The number of thiophene rings is 1. The highest BCUT2D eigenvalue weighted by atomic mass is 35.5. The van der Waals surface area contributed by atoms with E-state index in [1.54, 1.807) is 47.8 Å². The molecule has 8 heteroatoms. The van der Waals surface area contributed by atoms with Crippen LogP contribution >= 0.6 is 22.9 Å². The molecule has 0 spiro atoms. The third-order valence-electron chi connectivity index (χ3n) is 4.63. The van der Waals surface area contributed by atoms with Crippen LogP contribution in [0.2, 0.25) is 5.02 Å². The molecule has 1 N–H and O–H groups in total. The van der Waals surface area contributed by atoms with E-state index < -0.39 is 11.6 Å². The molecule has 30 heavy (non-hydrogen) atoms. The molecule has 1 amide bonds. The number of benzene rings is 2. The van der Waals surface area contributed by atoms with Gasteiger partial charge in [0, 0.05) is 10.7 Å². The molecule has 2 heterocycles. The summed E-state index contributed by atoms with van der Waals surface area (Å²) in [6.45, 7) is 3.58. The summed E-state index contributed by atoms with van der Waals surface area (Å²) in [5, 5.41) is 4.97. The predicted octanol–water partition coefficient (Wildman–Crippen LogP) is 4.12. The number of anilines is 1. The highest BCUT2D eigenvalue weighted by molar-refractivity contribution is 7.17. The zero-order valence-corrected chi connectivity index (χ0v) is 17.9. The zero-order chi connectivity index (χ0) is 21.4. The van der Waals surface area contributed by atoms with Crippen molar-refractivity contribution in [3.05, 3.63) is 90.9 Å². The van der Waals surface area contributed by atoms with Gasteiger partial charge in [-0.1, -0.05) is 23.7 Å². The Morgan fingerprint density at radius 3 is 2.50 bits per heavy atom. The average Bonchev–Trinajstić information content (AvgIpc) is 3.14. The molecule has 0 fully saturated rings. The van der Waals surface area contributed by atoms with Gasteiger partial charge in [0.15, 0.2) is 0 Å². The number of hydrogen-bond acceptors (Lipinski definition) is 4. The predicted molar refractivity (Wildman–Crippen MR) is 121 cm³/mol. The number of nitrogens with zero attached hydrogens (tertiary/aromatic N) is 2. The molecular formula is C22H18ClN3O3S. The molecule has 0 aliphatic rings. The maximum absolute atomic E-state index is 13.3. The summed E-state index contributed by atoms with van der Waals surface area (Å²) in [4.78, 5) is 39.0. The lowest BCUT2D eigenvalue weighted by Gasteiger charge is -2.13. The molecule has 0 atom stereocenters. The molecule has 4 rings (SSSR count). The summed E-state index contributed by atoms with van der Waals surface area (Å²) in [6.07, 6.45) is 0. The molecule has 0 saturated heterocycles. The van der Waals surface area contributed by atoms with Gasteiger partial charge < -0.3 is 5.32 Å². The van der Waals surface area contributed by atoms with Crippen LogP contribution in [0.5, 0.6) is 0 Å². The van der Waals surface area contributed by atoms with Crippen LogP contribution in [0.1, 0.15) is 11.1 Å². The van der Waals surface area contributed by atoms with E-state index in [4.69, 9.17) is 11.6 Å². The quantitative estimate of drug-likeness (QED) is 0.519. The largest absolute Gasteiger partial charge is 0.336 e. The molecule has 152 valence electrons. The van der Waals surface area contributed by atoms with Gasteiger partial charge in [-0.25, -0.2) is 9.36 Å². The van der Waals surface area contributed by atoms with Crippen molar-refractivity contribution in [1.82, 2.24) is 9.13 Å². The van der Waals surface area contributed by atoms with E-state index in [0.29, 0.717) is 26.6 Å². The van der Waals surface area contributed by atoms with Crippen molar-refractivity contribution in [3.63, 3.8) is 0 Å². The summed E-state index contributed by atoms with van der Waals surface area (Å²) in [5.74, 6) is -0.391. The number of aryl methyl sites for hydroxylation is 2. The second kappa shape index (κ2) is 7.93. The Hall–Kier alpha value is -3.16. The number of halogens is 1. The Morgan fingerprint density at radius 2 is 1.80 bits per heavy atom. The third-order valence-corrected chi connectivity index (χ3v) is 5.76. The van der Waals surface area contributed by atoms with Crippen molar-refractivity contribution in [2.75, 3.05) is 5.32 Å². The van der Waals surface area contributed by atoms with Crippen LogP contribution < -0.4 is 16.6 Å². The van der Waals surface area contributed by atoms with Crippen LogP contribution in [0.15, 0.2) is 63.5 Å². The van der Waals surface area contributed by atoms with E-state index in [1.807, 2.05) is 19.9 Å². The minimum atomic E-state index is -0.558. The SMILES string of the molecule is Cc1cc(C)cc(-n2c(=O)c3sccc3n(CC(=O)Nc3cccc(Cl)c3)c2=O)c1. The normalized spacial score (nSPS) is 11.0. The van der Waals surface area contributed by atoms with Gasteiger partial charge in [-0.2, -0.15) is 0 Å². The van der Waals surface area contributed by atoms with E-state index >= 15 is 0 Å². The number of carbonyl (C=O) groups excluding carboxylic acids is 1. The fraction of sp³-hybridized carbons (Fsp3) is 0.136. The van der Waals surface area contributed by atoms with Crippen LogP contribution in [0, 0.1) is 13.8 Å². The molecule has 0 aliphatic heterocycles. The average molecular weight is 440 g/mol. The van der Waals surface area contributed by atoms with Crippen LogP contribution in [0.3, 0.4) is 0 Å². The monoisotopic (exact) mass is 439 g/mol. The number of nitrogens with one attached hydrogen (secondary N) is 1. The molecule has 0 bridgehead atoms. The molecule has 0 aliphatic carbocycles. The number of carbonyl (C=O) groups is 1. The molecule has 4 aromatic rings. The lowest BCUT2D eigenvalue weighted by atomic mass is 10.1. The van der Waals surface area contributed by atoms with Crippen molar-refractivity contribution in [3.8, 4) is 5.69 Å². The number of amides is 1. The zero-order valence-electron chi connectivity index (χ0n) is 16.3. The molecule has 0 unspecified atom stereocenters. The van der Waals surface area contributed by atoms with E-state index in [9.17, 15) is 14.4 Å². The summed E-state index contributed by atoms with van der Waals surface area (Å²) in [6, 6.07) is 14.0. The lowest BCUT2D eigenvalue weighted by Crippen LogP contribution is -2.40. The van der Waals surface area contributed by atoms with Crippen LogP contribution in [-0.2, 0) is 11.3 Å². The van der Waals surface area contributed by atoms with Gasteiger partial charge in [-0.3, -0.25) is 14.2 Å². The van der Waals surface area contributed by atoms with E-state index in [0.717, 1.165) is 15.7 Å². The van der Waals surface area contributed by atoms with Gasteiger partial charge in [0.05, 0.1) is 11.2 Å². The van der Waals surface area contributed by atoms with Crippen molar-refractivity contribution >= 4 is 44.7 Å². The maximum atomic E-state index is 13.3. The van der Waals surface area contributed by atoms with Crippen molar-refractivity contribution < 1.29 is 4.79 Å². The van der Waals surface area contributed by atoms with Gasteiger partial charge in [0.2, 0.25) is 5.91 Å². The number of rotatable bonds is 4. The molecule has 6 nitrogen and oxygen atoms in total. The second-order valence-corrected chi connectivity index (χ2v) is 8.40. The van der Waals surface area contributed by atoms with Crippen LogP contribution in [0.4, 0.5) is 5.69 Å². The second-order valence-electron chi connectivity index (χ2n) is 7.05. The standard InChI is InChI=1S/C22H18ClN3O3S/c1-13-8-14(2)10-17(9-13)26-21(28)20-18(6-7-30-20)25(22(26)29)12-19(27)24-16-5-3-4-15(23)11-16/h3-11H,12H2,1-2H3,(H,24,27). The molecular weight excluding hydrogens is 422 g/mol. The Morgan fingerprint density at radius 1 is 1.07 bits per heavy atom. The fourth-order valence-corrected chi connectivity index (χ4v) is 4.47. The van der Waals surface area contributed by atoms with E-state index in [1.165, 1.54) is 15.9 Å². The van der Waals surface area contributed by atoms with Gasteiger partial charge in [0.1, 0.15) is 11.2 Å². The molecule has 2 aromatic carbocycles. The number of hydrogen-bond donors (Lipinski definition) is 1. The van der Waals surface area contributed by atoms with Crippen molar-refractivity contribution in [2.24, 2.45) is 0 Å². The minimum Gasteiger partial charge on any atom is -0.324 e. The minimum absolute atomic E-state index is 0.232. The van der Waals surface area contributed by atoms with Crippen LogP contribution in [-0.4, -0.2) is 15.0 Å². The molecule has 0 radical (unpaired) electrons. The smallest absolute Gasteiger partial charge is 0.324 e. The number of aromatic nitrogens is 2. The fourth-order valence-electron chi connectivity index (χ4n) is 3.46. The summed E-state index contributed by atoms with van der Waals surface area (Å²) in [5.41, 5.74) is 2.39. The maximum Gasteiger partial charge on any atom is 0.336 e. The van der Waals surface area contributed by atoms with Crippen molar-refractivity contribution in [1.29, 1.82) is 0 Å². The topological polar surface area (TPSA) is 73.1 Å². The Balaban J connectivity index is 1.82. The lowest BCUT2D eigenvalue weighted by molar-refractivity contribution is -0.116. The Bertz CT molecular complexity index is 1380. The van der Waals surface area contributed by atoms with Crippen molar-refractivity contribution in [2.45, 2.75) is 20.4 Å². The third kappa shape index (κ3) is 3.81. The summed E-state index contributed by atoms with van der Waals surface area (Å²) < 4.78 is 2.88. The van der Waals surface area contributed by atoms with E-state index in [2.05, 4.69) is 5.32 Å². The Kier molecular flexibility index (Phi) is 5.32. The molecule has 2 aromatic heterocycles. The molecule has 0 saturated carbocycles. The van der Waals surface area contributed by atoms with Crippen LogP contribution in [0.25, 0.3) is 15.9 Å². The van der Waals surface area contributed by atoms with Gasteiger partial charge in [-0.15, -0.1) is 11.3 Å². The van der Waals surface area contributed by atoms with Gasteiger partial charge in [0.25, 0.3) is 5.56 Å². The van der Waals surface area contributed by atoms with Gasteiger partial charge >= 0.3 is 5.69 Å². The highest BCUT2D eigenvalue weighted by Crippen LogP contribution is 2.18. The first-order valence-electron chi connectivity index (χ1n) is 9.20. The first-order valence-corrected chi connectivity index (χ1v) is 10.5. The Labute approximate surface area is 181 Å². The first kappa shape index (κ1) is 20.1. The number of fused-ring (bicyclic) bond motifs is 1. The first-order chi connectivity index (χ1) is 14.3. The van der Waals surface area contributed by atoms with E-state index in [-0.39, 0.29) is 12.1 Å². The van der Waals surface area contributed by atoms with Gasteiger partial charge in [-0.05, 0) is 66.8 Å².